The predicted molar refractivity (Wildman–Crippen MR) is 118 cm³/mol. The van der Waals surface area contributed by atoms with Crippen molar-refractivity contribution in [1.29, 1.82) is 0 Å². The predicted octanol–water partition coefficient (Wildman–Crippen LogP) is 3.89. The number of nitrogens with one attached hydrogen (secondary N) is 2. The van der Waals surface area contributed by atoms with E-state index in [0.717, 1.165) is 25.7 Å². The molecule has 8 nitrogen and oxygen atoms in total. The molecular formula is C22H25ClFN5O3. The molecule has 0 spiro atoms. The maximum Gasteiger partial charge on any atom is 0.274 e. The van der Waals surface area contributed by atoms with Crippen LogP contribution in [0.5, 0.6) is 0 Å². The van der Waals surface area contributed by atoms with Crippen molar-refractivity contribution < 1.29 is 18.8 Å². The molecule has 1 aromatic heterocycles. The van der Waals surface area contributed by atoms with Gasteiger partial charge in [-0.15, -0.1) is 0 Å². The third kappa shape index (κ3) is 4.77. The lowest BCUT2D eigenvalue weighted by molar-refractivity contribution is -0.125. The molecule has 0 radical (unpaired) electrons. The summed E-state index contributed by atoms with van der Waals surface area (Å²) in [4.78, 5) is 30.9. The van der Waals surface area contributed by atoms with E-state index < -0.39 is 17.8 Å². The van der Waals surface area contributed by atoms with Crippen molar-refractivity contribution in [1.82, 2.24) is 15.1 Å². The van der Waals surface area contributed by atoms with Crippen LogP contribution in [-0.2, 0) is 16.2 Å². The number of anilines is 1. The molecule has 1 saturated carbocycles. The molecule has 1 atom stereocenters. The fraction of sp³-hybridized carbons (Fsp3) is 0.455. The van der Waals surface area contributed by atoms with Crippen LogP contribution in [0.2, 0.25) is 5.02 Å². The highest BCUT2D eigenvalue weighted by Gasteiger charge is 2.32. The number of benzene rings is 1. The first kappa shape index (κ1) is 22.3. The number of aromatic nitrogens is 2. The highest BCUT2D eigenvalue weighted by atomic mass is 35.5. The van der Waals surface area contributed by atoms with E-state index in [1.165, 1.54) is 18.6 Å². The van der Waals surface area contributed by atoms with Crippen molar-refractivity contribution in [2.45, 2.75) is 64.1 Å². The molecule has 4 rings (SSSR count). The SMILES string of the molecule is CCn1cc(NC(=O)C2CC(c3c(F)cccc3Cl)=NO2)c(C(=O)NC2CCCCC2)n1. The van der Waals surface area contributed by atoms with Crippen LogP contribution in [0.4, 0.5) is 10.1 Å². The van der Waals surface area contributed by atoms with Gasteiger partial charge in [0.15, 0.2) is 5.69 Å². The van der Waals surface area contributed by atoms with E-state index in [-0.39, 0.29) is 40.4 Å². The smallest absolute Gasteiger partial charge is 0.274 e. The zero-order valence-corrected chi connectivity index (χ0v) is 18.5. The van der Waals surface area contributed by atoms with Crippen LogP contribution in [0.25, 0.3) is 0 Å². The van der Waals surface area contributed by atoms with Crippen LogP contribution in [-0.4, -0.2) is 39.5 Å². The van der Waals surface area contributed by atoms with Gasteiger partial charge < -0.3 is 15.5 Å². The summed E-state index contributed by atoms with van der Waals surface area (Å²) in [6.07, 6.45) is 5.93. The van der Waals surface area contributed by atoms with Gasteiger partial charge in [0.1, 0.15) is 5.82 Å². The summed E-state index contributed by atoms with van der Waals surface area (Å²) in [7, 11) is 0. The summed E-state index contributed by atoms with van der Waals surface area (Å²) < 4.78 is 15.8. The Morgan fingerprint density at radius 1 is 1.28 bits per heavy atom. The molecule has 2 aliphatic rings. The summed E-state index contributed by atoms with van der Waals surface area (Å²) in [5.41, 5.74) is 0.830. The number of carbonyl (C=O) groups is 2. The largest absolute Gasteiger partial charge is 0.382 e. The Kier molecular flexibility index (Phi) is 6.74. The van der Waals surface area contributed by atoms with E-state index in [2.05, 4.69) is 20.9 Å². The van der Waals surface area contributed by atoms with Crippen LogP contribution in [0, 0.1) is 5.82 Å². The van der Waals surface area contributed by atoms with E-state index in [1.807, 2.05) is 6.92 Å². The van der Waals surface area contributed by atoms with E-state index in [9.17, 15) is 14.0 Å². The van der Waals surface area contributed by atoms with Crippen LogP contribution < -0.4 is 10.6 Å². The maximum atomic E-state index is 14.2. The molecule has 1 fully saturated rings. The molecule has 10 heteroatoms. The second kappa shape index (κ2) is 9.68. The molecule has 1 aliphatic heterocycles. The third-order valence-electron chi connectivity index (χ3n) is 5.71. The van der Waals surface area contributed by atoms with Gasteiger partial charge in [-0.2, -0.15) is 5.10 Å². The van der Waals surface area contributed by atoms with Gasteiger partial charge in [0, 0.05) is 25.2 Å². The number of halogens is 2. The van der Waals surface area contributed by atoms with E-state index in [0.29, 0.717) is 12.2 Å². The van der Waals surface area contributed by atoms with Crippen molar-refractivity contribution in [3.8, 4) is 0 Å². The summed E-state index contributed by atoms with van der Waals surface area (Å²) in [6.45, 7) is 2.43. The Morgan fingerprint density at radius 3 is 2.78 bits per heavy atom. The lowest BCUT2D eigenvalue weighted by Crippen LogP contribution is -2.37. The van der Waals surface area contributed by atoms with Crippen molar-refractivity contribution in [3.05, 3.63) is 46.5 Å². The summed E-state index contributed by atoms with van der Waals surface area (Å²) in [6, 6.07) is 4.43. The van der Waals surface area contributed by atoms with Crippen LogP contribution in [0.3, 0.4) is 0 Å². The first-order valence-corrected chi connectivity index (χ1v) is 11.2. The third-order valence-corrected chi connectivity index (χ3v) is 6.03. The minimum atomic E-state index is -0.972. The lowest BCUT2D eigenvalue weighted by Gasteiger charge is -2.22. The van der Waals surface area contributed by atoms with E-state index in [1.54, 1.807) is 16.9 Å². The van der Waals surface area contributed by atoms with Crippen LogP contribution in [0.15, 0.2) is 29.6 Å². The molecule has 1 aliphatic carbocycles. The van der Waals surface area contributed by atoms with Crippen molar-refractivity contribution in [2.24, 2.45) is 5.16 Å². The first-order valence-electron chi connectivity index (χ1n) is 10.8. The van der Waals surface area contributed by atoms with Gasteiger partial charge in [-0.25, -0.2) is 4.39 Å². The second-order valence-corrected chi connectivity index (χ2v) is 8.38. The zero-order chi connectivity index (χ0) is 22.7. The van der Waals surface area contributed by atoms with Crippen molar-refractivity contribution in [2.75, 3.05) is 5.32 Å². The molecule has 170 valence electrons. The summed E-state index contributed by atoms with van der Waals surface area (Å²) >= 11 is 6.09. The molecule has 2 aromatic rings. The topological polar surface area (TPSA) is 97.6 Å². The minimum Gasteiger partial charge on any atom is -0.382 e. The maximum absolute atomic E-state index is 14.2. The average Bonchev–Trinajstić information content (AvgIpc) is 3.42. The van der Waals surface area contributed by atoms with Crippen molar-refractivity contribution >= 4 is 34.8 Å². The molecule has 0 bridgehead atoms. The first-order chi connectivity index (χ1) is 15.5. The van der Waals surface area contributed by atoms with Gasteiger partial charge in [-0.05, 0) is 31.9 Å². The van der Waals surface area contributed by atoms with Crippen LogP contribution >= 0.6 is 11.6 Å². The van der Waals surface area contributed by atoms with E-state index in [4.69, 9.17) is 16.4 Å². The van der Waals surface area contributed by atoms with E-state index >= 15 is 0 Å². The van der Waals surface area contributed by atoms with Gasteiger partial charge in [0.2, 0.25) is 6.10 Å². The fourth-order valence-electron chi connectivity index (χ4n) is 4.00. The van der Waals surface area contributed by atoms with Crippen molar-refractivity contribution in [3.63, 3.8) is 0 Å². The molecule has 2 heterocycles. The van der Waals surface area contributed by atoms with Gasteiger partial charge in [0.25, 0.3) is 11.8 Å². The highest BCUT2D eigenvalue weighted by Crippen LogP contribution is 2.26. The van der Waals surface area contributed by atoms with Gasteiger partial charge in [0.05, 0.1) is 22.0 Å². The average molecular weight is 462 g/mol. The number of nitrogens with zero attached hydrogens (tertiary/aromatic N) is 3. The molecular weight excluding hydrogens is 437 g/mol. The number of aryl methyl sites for hydroxylation is 1. The number of amides is 2. The number of hydrogen-bond donors (Lipinski definition) is 2. The van der Waals surface area contributed by atoms with Gasteiger partial charge >= 0.3 is 0 Å². The van der Waals surface area contributed by atoms with Gasteiger partial charge in [-0.3, -0.25) is 14.3 Å². The normalized spacial score (nSPS) is 18.7. The molecule has 1 unspecified atom stereocenters. The van der Waals surface area contributed by atoms with Gasteiger partial charge in [-0.1, -0.05) is 42.1 Å². The number of hydrogen-bond acceptors (Lipinski definition) is 5. The Hall–Kier alpha value is -2.94. The molecule has 32 heavy (non-hydrogen) atoms. The molecule has 2 amide bonds. The number of rotatable bonds is 6. The monoisotopic (exact) mass is 461 g/mol. The molecule has 0 saturated heterocycles. The van der Waals surface area contributed by atoms with Crippen LogP contribution in [0.1, 0.15) is 61.5 Å². The zero-order valence-electron chi connectivity index (χ0n) is 17.7. The summed E-state index contributed by atoms with van der Waals surface area (Å²) in [5.74, 6) is -1.35. The number of carbonyl (C=O) groups excluding carboxylic acids is 2. The number of oxime groups is 1. The molecule has 2 N–H and O–H groups in total. The Labute approximate surface area is 190 Å². The Morgan fingerprint density at radius 2 is 2.06 bits per heavy atom. The Balaban J connectivity index is 1.44. The fourth-order valence-corrected chi connectivity index (χ4v) is 4.27. The molecule has 1 aromatic carbocycles. The summed E-state index contributed by atoms with van der Waals surface area (Å²) in [5, 5.41) is 14.1. The highest BCUT2D eigenvalue weighted by molar-refractivity contribution is 6.34. The standard InChI is InChI=1S/C22H25ClFN5O3/c1-2-29-12-17(20(27-29)22(31)25-13-7-4-3-5-8-13)26-21(30)18-11-16(28-32-18)19-14(23)9-6-10-15(19)24/h6,9-10,12-13,18H,2-5,7-8,11H2,1H3,(H,25,31)(H,26,30). The minimum absolute atomic E-state index is 0.0536. The second-order valence-electron chi connectivity index (χ2n) is 7.98. The Bertz CT molecular complexity index is 1030. The quantitative estimate of drug-likeness (QED) is 0.681. The lowest BCUT2D eigenvalue weighted by atomic mass is 9.95.